The predicted molar refractivity (Wildman–Crippen MR) is 113 cm³/mol. The van der Waals surface area contributed by atoms with Crippen LogP contribution in [0.5, 0.6) is 0 Å². The maximum atomic E-state index is 11.5. The molecule has 3 aromatic heterocycles. The first-order chi connectivity index (χ1) is 14.1. The molecular formula is C22H16N4O2S. The molecule has 0 fully saturated rings. The van der Waals surface area contributed by atoms with Gasteiger partial charge in [-0.1, -0.05) is 30.0 Å². The van der Waals surface area contributed by atoms with Crippen LogP contribution in [0.15, 0.2) is 76.7 Å². The second-order valence-corrected chi connectivity index (χ2v) is 7.82. The van der Waals surface area contributed by atoms with Crippen LogP contribution in [0, 0.1) is 0 Å². The fraction of sp³-hybridized carbons (Fsp3) is 0.0455. The van der Waals surface area contributed by atoms with Gasteiger partial charge >= 0.3 is 5.97 Å². The zero-order valence-electron chi connectivity index (χ0n) is 15.5. The van der Waals surface area contributed by atoms with Crippen LogP contribution in [-0.2, 0) is 7.05 Å². The monoisotopic (exact) mass is 400 g/mol. The summed E-state index contributed by atoms with van der Waals surface area (Å²) in [7, 11) is 1.89. The van der Waals surface area contributed by atoms with E-state index in [-0.39, 0.29) is 5.56 Å². The number of aryl methyl sites for hydroxylation is 1. The second kappa shape index (κ2) is 6.79. The topological polar surface area (TPSA) is 83.8 Å². The summed E-state index contributed by atoms with van der Waals surface area (Å²) < 4.78 is 1.81. The van der Waals surface area contributed by atoms with E-state index in [1.807, 2.05) is 36.0 Å². The molecule has 0 saturated heterocycles. The summed E-state index contributed by atoms with van der Waals surface area (Å²) in [4.78, 5) is 21.3. The third-order valence-electron chi connectivity index (χ3n) is 4.79. The van der Waals surface area contributed by atoms with Crippen LogP contribution in [0.1, 0.15) is 10.4 Å². The predicted octanol–water partition coefficient (Wildman–Crippen LogP) is 4.97. The standard InChI is InChI=1S/C22H16N4O2S/c1-26-21(19-12-18-20(24-19)16(22(27)28)9-10-23-18)15-8-7-14(11-17(15)25-26)29-13-5-3-2-4-6-13/h2-12,24H,1H3,(H,27,28). The normalized spacial score (nSPS) is 11.3. The van der Waals surface area contributed by atoms with Gasteiger partial charge in [-0.3, -0.25) is 9.67 Å². The lowest BCUT2D eigenvalue weighted by molar-refractivity contribution is 0.0698. The van der Waals surface area contributed by atoms with Gasteiger partial charge in [0.15, 0.2) is 0 Å². The number of nitrogens with one attached hydrogen (secondary N) is 1. The van der Waals surface area contributed by atoms with E-state index in [0.717, 1.165) is 27.2 Å². The van der Waals surface area contributed by atoms with Crippen LogP contribution in [0.2, 0.25) is 0 Å². The molecule has 2 aromatic carbocycles. The molecule has 7 heteroatoms. The molecule has 5 aromatic rings. The van der Waals surface area contributed by atoms with Gasteiger partial charge in [-0.25, -0.2) is 4.79 Å². The van der Waals surface area contributed by atoms with E-state index in [1.165, 1.54) is 17.2 Å². The zero-order chi connectivity index (χ0) is 20.0. The SMILES string of the molecule is Cn1nc2cc(Sc3ccccc3)ccc2c1-c1cc2nccc(C(=O)O)c2[nH]1. The average Bonchev–Trinajstić information content (AvgIpc) is 3.27. The fourth-order valence-electron chi connectivity index (χ4n) is 3.52. The number of benzene rings is 2. The second-order valence-electron chi connectivity index (χ2n) is 6.67. The molecule has 0 aliphatic heterocycles. The Hall–Kier alpha value is -3.58. The van der Waals surface area contributed by atoms with E-state index < -0.39 is 5.97 Å². The van der Waals surface area contributed by atoms with Crippen molar-refractivity contribution in [2.24, 2.45) is 7.05 Å². The molecule has 0 saturated carbocycles. The van der Waals surface area contributed by atoms with Crippen molar-refractivity contribution in [3.63, 3.8) is 0 Å². The number of H-pyrrole nitrogens is 1. The number of hydrogen-bond donors (Lipinski definition) is 2. The van der Waals surface area contributed by atoms with Crippen LogP contribution >= 0.6 is 11.8 Å². The van der Waals surface area contributed by atoms with E-state index >= 15 is 0 Å². The number of carboxylic acid groups (broad SMARTS) is 1. The average molecular weight is 400 g/mol. The number of carbonyl (C=O) groups is 1. The van der Waals surface area contributed by atoms with Crippen LogP contribution in [0.3, 0.4) is 0 Å². The van der Waals surface area contributed by atoms with Gasteiger partial charge < -0.3 is 10.1 Å². The Kier molecular flexibility index (Phi) is 4.10. The summed E-state index contributed by atoms with van der Waals surface area (Å²) in [6.07, 6.45) is 1.51. The van der Waals surface area contributed by atoms with Crippen molar-refractivity contribution in [1.29, 1.82) is 0 Å². The lowest BCUT2D eigenvalue weighted by atomic mass is 10.1. The van der Waals surface area contributed by atoms with Crippen LogP contribution < -0.4 is 0 Å². The van der Waals surface area contributed by atoms with Gasteiger partial charge in [0.2, 0.25) is 0 Å². The molecular weight excluding hydrogens is 384 g/mol. The first-order valence-corrected chi connectivity index (χ1v) is 9.83. The molecule has 0 radical (unpaired) electrons. The molecule has 0 atom stereocenters. The van der Waals surface area contributed by atoms with Crippen LogP contribution in [0.4, 0.5) is 0 Å². The molecule has 0 unspecified atom stereocenters. The van der Waals surface area contributed by atoms with Gasteiger partial charge in [-0.15, -0.1) is 0 Å². The van der Waals surface area contributed by atoms with Gasteiger partial charge in [0.1, 0.15) is 0 Å². The Morgan fingerprint density at radius 2 is 1.86 bits per heavy atom. The largest absolute Gasteiger partial charge is 0.478 e. The van der Waals surface area contributed by atoms with E-state index in [1.54, 1.807) is 11.8 Å². The zero-order valence-corrected chi connectivity index (χ0v) is 16.3. The Morgan fingerprint density at radius 1 is 1.03 bits per heavy atom. The molecule has 5 rings (SSSR count). The molecule has 29 heavy (non-hydrogen) atoms. The minimum absolute atomic E-state index is 0.203. The van der Waals surface area contributed by atoms with Gasteiger partial charge in [-0.2, -0.15) is 5.10 Å². The summed E-state index contributed by atoms with van der Waals surface area (Å²) in [5.74, 6) is -0.983. The van der Waals surface area contributed by atoms with Crippen molar-refractivity contribution in [2.45, 2.75) is 9.79 Å². The van der Waals surface area contributed by atoms with Crippen LogP contribution in [0.25, 0.3) is 33.3 Å². The van der Waals surface area contributed by atoms with Crippen molar-refractivity contribution in [2.75, 3.05) is 0 Å². The summed E-state index contributed by atoms with van der Waals surface area (Å²) in [5.41, 5.74) is 3.90. The Labute approximate surface area is 170 Å². The molecule has 142 valence electrons. The third-order valence-corrected chi connectivity index (χ3v) is 5.79. The van der Waals surface area contributed by atoms with Gasteiger partial charge in [0, 0.05) is 28.4 Å². The quantitative estimate of drug-likeness (QED) is 0.445. The maximum absolute atomic E-state index is 11.5. The molecule has 6 nitrogen and oxygen atoms in total. The molecule has 0 spiro atoms. The van der Waals surface area contributed by atoms with Crippen molar-refractivity contribution in [1.82, 2.24) is 19.7 Å². The number of fused-ring (bicyclic) bond motifs is 2. The highest BCUT2D eigenvalue weighted by Gasteiger charge is 2.17. The van der Waals surface area contributed by atoms with Crippen molar-refractivity contribution < 1.29 is 9.90 Å². The summed E-state index contributed by atoms with van der Waals surface area (Å²) in [5, 5.41) is 15.1. The first kappa shape index (κ1) is 17.5. The van der Waals surface area contributed by atoms with Crippen molar-refractivity contribution in [3.8, 4) is 11.4 Å². The highest BCUT2D eigenvalue weighted by atomic mass is 32.2. The minimum atomic E-state index is -0.983. The number of aromatic nitrogens is 4. The van der Waals surface area contributed by atoms with E-state index in [0.29, 0.717) is 11.0 Å². The van der Waals surface area contributed by atoms with Gasteiger partial charge in [0.25, 0.3) is 0 Å². The number of hydrogen-bond acceptors (Lipinski definition) is 4. The lowest BCUT2D eigenvalue weighted by Crippen LogP contribution is -1.98. The number of aromatic carboxylic acids is 1. The smallest absolute Gasteiger partial charge is 0.337 e. The Balaban J connectivity index is 1.60. The van der Waals surface area contributed by atoms with Crippen LogP contribution in [-0.4, -0.2) is 30.8 Å². The number of rotatable bonds is 4. The minimum Gasteiger partial charge on any atom is -0.478 e. The van der Waals surface area contributed by atoms with Gasteiger partial charge in [-0.05, 0) is 42.5 Å². The number of pyridine rings is 1. The molecule has 0 bridgehead atoms. The first-order valence-electron chi connectivity index (χ1n) is 9.01. The van der Waals surface area contributed by atoms with E-state index in [9.17, 15) is 9.90 Å². The summed E-state index contributed by atoms with van der Waals surface area (Å²) >= 11 is 1.69. The molecule has 0 amide bonds. The number of aromatic amines is 1. The highest BCUT2D eigenvalue weighted by molar-refractivity contribution is 7.99. The summed E-state index contributed by atoms with van der Waals surface area (Å²) in [6.45, 7) is 0. The highest BCUT2D eigenvalue weighted by Crippen LogP contribution is 2.34. The van der Waals surface area contributed by atoms with Crippen molar-refractivity contribution in [3.05, 3.63) is 72.4 Å². The fourth-order valence-corrected chi connectivity index (χ4v) is 4.39. The third kappa shape index (κ3) is 3.05. The molecule has 0 aliphatic carbocycles. The molecule has 3 heterocycles. The molecule has 2 N–H and O–H groups in total. The Morgan fingerprint density at radius 3 is 2.66 bits per heavy atom. The lowest BCUT2D eigenvalue weighted by Gasteiger charge is -2.02. The van der Waals surface area contributed by atoms with E-state index in [2.05, 4.69) is 45.4 Å². The van der Waals surface area contributed by atoms with Gasteiger partial charge in [0.05, 0.1) is 33.5 Å². The number of carboxylic acids is 1. The maximum Gasteiger partial charge on any atom is 0.337 e. The number of nitrogens with zero attached hydrogens (tertiary/aromatic N) is 3. The molecule has 0 aliphatic rings. The van der Waals surface area contributed by atoms with Crippen molar-refractivity contribution >= 4 is 39.7 Å². The van der Waals surface area contributed by atoms with E-state index in [4.69, 9.17) is 0 Å². The summed E-state index contributed by atoms with van der Waals surface area (Å²) in [6, 6.07) is 19.8. The Bertz CT molecular complexity index is 1370.